The van der Waals surface area contributed by atoms with Gasteiger partial charge in [-0.25, -0.2) is 8.78 Å². The van der Waals surface area contributed by atoms with Gasteiger partial charge in [0.15, 0.2) is 17.4 Å². The minimum Gasteiger partial charge on any atom is -0.311 e. The summed E-state index contributed by atoms with van der Waals surface area (Å²) in [6.45, 7) is 1.50. The molecule has 2 nitrogen and oxygen atoms in total. The fourth-order valence-electron chi connectivity index (χ4n) is 3.58. The highest BCUT2D eigenvalue weighted by Gasteiger charge is 2.34. The first kappa shape index (κ1) is 13.7. The highest BCUT2D eigenvalue weighted by Crippen LogP contribution is 2.33. The average Bonchev–Trinajstić information content (AvgIpc) is 2.75. The predicted molar refractivity (Wildman–Crippen MR) is 72.7 cm³/mol. The molecule has 3 rings (SSSR count). The van der Waals surface area contributed by atoms with Gasteiger partial charge in [-0.15, -0.1) is 0 Å². The summed E-state index contributed by atoms with van der Waals surface area (Å²) >= 11 is 0. The second-order valence-corrected chi connectivity index (χ2v) is 6.16. The Morgan fingerprint density at radius 3 is 2.50 bits per heavy atom. The van der Waals surface area contributed by atoms with Gasteiger partial charge in [-0.1, -0.05) is 6.07 Å². The van der Waals surface area contributed by atoms with Gasteiger partial charge in [-0.2, -0.15) is 0 Å². The molecule has 2 aliphatic heterocycles. The van der Waals surface area contributed by atoms with Gasteiger partial charge in [0, 0.05) is 18.5 Å². The van der Waals surface area contributed by atoms with E-state index in [4.69, 9.17) is 0 Å². The molecule has 1 N–H and O–H groups in total. The fraction of sp³-hybridized carbons (Fsp3) is 0.562. The van der Waals surface area contributed by atoms with Crippen molar-refractivity contribution in [3.63, 3.8) is 0 Å². The lowest BCUT2D eigenvalue weighted by atomic mass is 9.86. The quantitative estimate of drug-likeness (QED) is 0.859. The number of nitrogens with one attached hydrogen (secondary N) is 1. The monoisotopic (exact) mass is 279 g/mol. The molecule has 2 heterocycles. The van der Waals surface area contributed by atoms with Crippen LogP contribution in [0, 0.1) is 24.5 Å². The van der Waals surface area contributed by atoms with Crippen molar-refractivity contribution in [3.05, 3.63) is 34.9 Å². The summed E-state index contributed by atoms with van der Waals surface area (Å²) in [4.78, 5) is 12.2. The molecule has 0 aliphatic carbocycles. The molecule has 4 heteroatoms. The second-order valence-electron chi connectivity index (χ2n) is 6.16. The maximum atomic E-state index is 13.8. The third-order valence-electron chi connectivity index (χ3n) is 4.62. The number of fused-ring (bicyclic) bond motifs is 2. The number of hydrogen-bond donors (Lipinski definition) is 1. The Kier molecular flexibility index (Phi) is 3.59. The molecule has 2 bridgehead atoms. The number of rotatable bonds is 3. The van der Waals surface area contributed by atoms with Crippen molar-refractivity contribution in [3.8, 4) is 0 Å². The van der Waals surface area contributed by atoms with Gasteiger partial charge < -0.3 is 5.32 Å². The van der Waals surface area contributed by atoms with Crippen molar-refractivity contribution in [1.82, 2.24) is 5.32 Å². The summed E-state index contributed by atoms with van der Waals surface area (Å²) in [7, 11) is 0. The molecule has 1 aromatic rings. The van der Waals surface area contributed by atoms with Crippen LogP contribution in [0.5, 0.6) is 0 Å². The van der Waals surface area contributed by atoms with E-state index in [-0.39, 0.29) is 16.9 Å². The molecule has 0 saturated carbocycles. The lowest BCUT2D eigenvalue weighted by Crippen LogP contribution is -2.38. The number of carbonyl (C=O) groups excluding carboxylic acids is 1. The minimum atomic E-state index is -0.994. The number of hydrogen-bond acceptors (Lipinski definition) is 2. The molecule has 1 aromatic carbocycles. The second kappa shape index (κ2) is 5.24. The van der Waals surface area contributed by atoms with Crippen LogP contribution in [0.2, 0.25) is 0 Å². The molecule has 108 valence electrons. The first-order valence-electron chi connectivity index (χ1n) is 7.28. The molecule has 0 amide bonds. The maximum Gasteiger partial charge on any atom is 0.169 e. The number of halogens is 2. The zero-order valence-corrected chi connectivity index (χ0v) is 11.6. The molecule has 2 saturated heterocycles. The largest absolute Gasteiger partial charge is 0.311 e. The van der Waals surface area contributed by atoms with E-state index in [0.29, 0.717) is 24.4 Å². The number of Topliss-reactive ketones (excluding diaryl/α,β-unsaturated/α-hetero) is 1. The highest BCUT2D eigenvalue weighted by atomic mass is 19.2. The summed E-state index contributed by atoms with van der Waals surface area (Å²) in [6.07, 6.45) is 4.61. The Bertz CT molecular complexity index is 532. The Balaban J connectivity index is 1.72. The summed E-state index contributed by atoms with van der Waals surface area (Å²) in [5.74, 6) is -1.87. The van der Waals surface area contributed by atoms with E-state index in [1.165, 1.54) is 31.9 Å². The minimum absolute atomic E-state index is 0.0982. The standard InChI is InChI=1S/C16H19F2NO/c1-9-2-5-13(16(18)15(9)17)14(20)8-10-6-11-3-4-12(7-10)19-11/h2,5,10-12,19H,3-4,6-8H2,1H3. The van der Waals surface area contributed by atoms with E-state index >= 15 is 0 Å². The maximum absolute atomic E-state index is 13.8. The van der Waals surface area contributed by atoms with Crippen molar-refractivity contribution in [1.29, 1.82) is 0 Å². The molecule has 2 atom stereocenters. The Morgan fingerprint density at radius 2 is 1.85 bits per heavy atom. The summed E-state index contributed by atoms with van der Waals surface area (Å²) in [5, 5.41) is 3.52. The van der Waals surface area contributed by atoms with E-state index in [1.807, 2.05) is 0 Å². The van der Waals surface area contributed by atoms with Gasteiger partial charge in [0.25, 0.3) is 0 Å². The van der Waals surface area contributed by atoms with Gasteiger partial charge in [0.1, 0.15) is 0 Å². The van der Waals surface area contributed by atoms with Gasteiger partial charge in [0.2, 0.25) is 0 Å². The Hall–Kier alpha value is -1.29. The molecular formula is C16H19F2NO. The first-order valence-corrected chi connectivity index (χ1v) is 7.28. The predicted octanol–water partition coefficient (Wildman–Crippen LogP) is 3.38. The molecule has 2 aliphatic rings. The molecule has 0 radical (unpaired) electrons. The smallest absolute Gasteiger partial charge is 0.169 e. The van der Waals surface area contributed by atoms with Gasteiger partial charge in [-0.3, -0.25) is 4.79 Å². The summed E-state index contributed by atoms with van der Waals surface area (Å²) < 4.78 is 27.4. The van der Waals surface area contributed by atoms with Crippen LogP contribution < -0.4 is 5.32 Å². The Labute approximate surface area is 117 Å². The van der Waals surface area contributed by atoms with Crippen molar-refractivity contribution < 1.29 is 13.6 Å². The highest BCUT2D eigenvalue weighted by molar-refractivity contribution is 5.96. The van der Waals surface area contributed by atoms with Crippen LogP contribution in [0.1, 0.15) is 48.0 Å². The van der Waals surface area contributed by atoms with E-state index in [0.717, 1.165) is 12.8 Å². The molecule has 20 heavy (non-hydrogen) atoms. The van der Waals surface area contributed by atoms with Gasteiger partial charge in [-0.05, 0) is 50.2 Å². The normalized spacial score (nSPS) is 28.6. The van der Waals surface area contributed by atoms with Gasteiger partial charge >= 0.3 is 0 Å². The van der Waals surface area contributed by atoms with Crippen molar-refractivity contribution in [2.24, 2.45) is 5.92 Å². The lowest BCUT2D eigenvalue weighted by molar-refractivity contribution is 0.0940. The van der Waals surface area contributed by atoms with Crippen LogP contribution >= 0.6 is 0 Å². The molecule has 0 spiro atoms. The number of piperidine rings is 1. The van der Waals surface area contributed by atoms with Crippen molar-refractivity contribution >= 4 is 5.78 Å². The third kappa shape index (κ3) is 2.49. The topological polar surface area (TPSA) is 29.1 Å². The zero-order chi connectivity index (χ0) is 14.3. The Morgan fingerprint density at radius 1 is 1.20 bits per heavy atom. The van der Waals surface area contributed by atoms with Crippen LogP contribution in [0.25, 0.3) is 0 Å². The van der Waals surface area contributed by atoms with E-state index < -0.39 is 11.6 Å². The number of benzene rings is 1. The summed E-state index contributed by atoms with van der Waals surface area (Å²) in [5.41, 5.74) is 0.137. The zero-order valence-electron chi connectivity index (χ0n) is 11.6. The molecule has 0 aromatic heterocycles. The average molecular weight is 279 g/mol. The summed E-state index contributed by atoms with van der Waals surface area (Å²) in [6, 6.07) is 3.89. The number of aryl methyl sites for hydroxylation is 1. The first-order chi connectivity index (χ1) is 9.54. The number of carbonyl (C=O) groups is 1. The van der Waals surface area contributed by atoms with Gasteiger partial charge in [0.05, 0.1) is 5.56 Å². The van der Waals surface area contributed by atoms with E-state index in [9.17, 15) is 13.6 Å². The SMILES string of the molecule is Cc1ccc(C(=O)CC2CC3CCC(C2)N3)c(F)c1F. The molecule has 2 fully saturated rings. The lowest BCUT2D eigenvalue weighted by Gasteiger charge is -2.28. The van der Waals surface area contributed by atoms with Crippen LogP contribution in [0.3, 0.4) is 0 Å². The fourth-order valence-corrected chi connectivity index (χ4v) is 3.58. The van der Waals surface area contributed by atoms with Crippen molar-refractivity contribution in [2.75, 3.05) is 0 Å². The van der Waals surface area contributed by atoms with E-state index in [1.54, 1.807) is 0 Å². The third-order valence-corrected chi connectivity index (χ3v) is 4.62. The van der Waals surface area contributed by atoms with Crippen LogP contribution in [0.15, 0.2) is 12.1 Å². The van der Waals surface area contributed by atoms with E-state index in [2.05, 4.69) is 5.32 Å². The van der Waals surface area contributed by atoms with Crippen molar-refractivity contribution in [2.45, 2.75) is 51.1 Å². The van der Waals surface area contributed by atoms with Crippen LogP contribution in [0.4, 0.5) is 8.78 Å². The molecular weight excluding hydrogens is 260 g/mol. The number of ketones is 1. The molecule has 2 unspecified atom stereocenters. The van der Waals surface area contributed by atoms with Crippen LogP contribution in [-0.2, 0) is 0 Å². The van der Waals surface area contributed by atoms with Crippen LogP contribution in [-0.4, -0.2) is 17.9 Å².